The number of fused-ring (bicyclic) bond motifs is 1. The maximum absolute atomic E-state index is 14.2. The van der Waals surface area contributed by atoms with Gasteiger partial charge in [0.1, 0.15) is 11.4 Å². The third kappa shape index (κ3) is 3.69. The van der Waals surface area contributed by atoms with Crippen LogP contribution in [0, 0.1) is 5.82 Å². The van der Waals surface area contributed by atoms with E-state index in [2.05, 4.69) is 0 Å². The molecule has 0 amide bonds. The zero-order valence-electron chi connectivity index (χ0n) is 14.6. The van der Waals surface area contributed by atoms with E-state index in [0.717, 1.165) is 10.8 Å². The van der Waals surface area contributed by atoms with Gasteiger partial charge in [0.15, 0.2) is 0 Å². The number of benzene rings is 1. The Balaban J connectivity index is 2.21. The molecule has 0 spiro atoms. The van der Waals surface area contributed by atoms with Crippen LogP contribution in [0.1, 0.15) is 22.3 Å². The van der Waals surface area contributed by atoms with Gasteiger partial charge >= 0.3 is 5.97 Å². The van der Waals surface area contributed by atoms with E-state index >= 15 is 0 Å². The highest BCUT2D eigenvalue weighted by Crippen LogP contribution is 2.19. The molecule has 3 aromatic rings. The van der Waals surface area contributed by atoms with Crippen molar-refractivity contribution < 1.29 is 19.4 Å². The highest BCUT2D eigenvalue weighted by molar-refractivity contribution is 6.30. The molecule has 9 heteroatoms. The van der Waals surface area contributed by atoms with Crippen molar-refractivity contribution in [3.63, 3.8) is 0 Å². The highest BCUT2D eigenvalue weighted by atomic mass is 35.5. The monoisotopic (exact) mass is 406 g/mol. The second-order valence-corrected chi connectivity index (χ2v) is 6.61. The molecule has 0 aliphatic heterocycles. The average Bonchev–Trinajstić information content (AvgIpc) is 2.65. The molecule has 0 fully saturated rings. The number of aromatic carboxylic acids is 1. The smallest absolute Gasteiger partial charge is 0.341 e. The zero-order valence-corrected chi connectivity index (χ0v) is 15.3. The summed E-state index contributed by atoms with van der Waals surface area (Å²) in [6, 6.07) is 5.58. The summed E-state index contributed by atoms with van der Waals surface area (Å²) in [5, 5.41) is 18.3. The summed E-state index contributed by atoms with van der Waals surface area (Å²) in [5.41, 5.74) is -1.29. The van der Waals surface area contributed by atoms with Crippen molar-refractivity contribution in [3.8, 4) is 0 Å². The molecule has 2 heterocycles. The Morgan fingerprint density at radius 3 is 2.61 bits per heavy atom. The molecule has 1 aromatic carbocycles. The Kier molecular flexibility index (Phi) is 5.62. The molecule has 3 rings (SSSR count). The maximum Gasteiger partial charge on any atom is 0.341 e. The molecule has 0 radical (unpaired) electrons. The van der Waals surface area contributed by atoms with Gasteiger partial charge < -0.3 is 19.3 Å². The van der Waals surface area contributed by atoms with Crippen molar-refractivity contribution in [1.29, 1.82) is 0 Å². The van der Waals surface area contributed by atoms with Crippen molar-refractivity contribution >= 4 is 28.5 Å². The van der Waals surface area contributed by atoms with Crippen LogP contribution in [0.5, 0.6) is 0 Å². The van der Waals surface area contributed by atoms with Crippen LogP contribution in [0.25, 0.3) is 10.9 Å². The van der Waals surface area contributed by atoms with E-state index in [0.29, 0.717) is 6.42 Å². The quantitative estimate of drug-likeness (QED) is 0.652. The van der Waals surface area contributed by atoms with Crippen LogP contribution in [-0.4, -0.2) is 31.9 Å². The maximum atomic E-state index is 14.2. The van der Waals surface area contributed by atoms with E-state index in [1.54, 1.807) is 0 Å². The van der Waals surface area contributed by atoms with E-state index in [-0.39, 0.29) is 41.2 Å². The van der Waals surface area contributed by atoms with E-state index in [1.807, 2.05) is 0 Å². The number of rotatable bonds is 6. The van der Waals surface area contributed by atoms with Crippen LogP contribution in [0.2, 0.25) is 5.02 Å². The van der Waals surface area contributed by atoms with Crippen molar-refractivity contribution in [2.45, 2.75) is 19.5 Å². The first-order valence-electron chi connectivity index (χ1n) is 8.38. The van der Waals surface area contributed by atoms with E-state index < -0.39 is 28.3 Å². The molecule has 0 aliphatic carbocycles. The fourth-order valence-corrected chi connectivity index (χ4v) is 3.16. The van der Waals surface area contributed by atoms with E-state index in [4.69, 9.17) is 16.7 Å². The Hall–Kier alpha value is -2.97. The van der Waals surface area contributed by atoms with Crippen molar-refractivity contribution in [3.05, 3.63) is 79.2 Å². The fourth-order valence-electron chi connectivity index (χ4n) is 2.96. The summed E-state index contributed by atoms with van der Waals surface area (Å²) < 4.78 is 16.7. The van der Waals surface area contributed by atoms with Gasteiger partial charge in [0.2, 0.25) is 5.43 Å². The summed E-state index contributed by atoms with van der Waals surface area (Å²) in [7, 11) is 0. The van der Waals surface area contributed by atoms with Crippen LogP contribution in [0.4, 0.5) is 4.39 Å². The number of nitrogens with zero attached hydrogens (tertiary/aromatic N) is 2. The average molecular weight is 407 g/mol. The number of hydrogen-bond donors (Lipinski definition) is 2. The zero-order chi connectivity index (χ0) is 20.4. The number of aliphatic hydroxyl groups excluding tert-OH is 1. The molecule has 0 bridgehead atoms. The van der Waals surface area contributed by atoms with Gasteiger partial charge in [0.25, 0.3) is 5.56 Å². The molecule has 0 unspecified atom stereocenters. The normalized spacial score (nSPS) is 11.1. The lowest BCUT2D eigenvalue weighted by Crippen LogP contribution is -2.25. The minimum Gasteiger partial charge on any atom is -0.477 e. The first-order valence-corrected chi connectivity index (χ1v) is 8.76. The molecule has 146 valence electrons. The second kappa shape index (κ2) is 7.95. The van der Waals surface area contributed by atoms with E-state index in [1.165, 1.54) is 35.0 Å². The van der Waals surface area contributed by atoms with Crippen LogP contribution in [0.3, 0.4) is 0 Å². The summed E-state index contributed by atoms with van der Waals surface area (Å²) in [5.74, 6) is -2.07. The number of hydrogen-bond acceptors (Lipinski definition) is 4. The van der Waals surface area contributed by atoms with Gasteiger partial charge in [-0.1, -0.05) is 23.7 Å². The Morgan fingerprint density at radius 2 is 1.93 bits per heavy atom. The van der Waals surface area contributed by atoms with Gasteiger partial charge in [-0.3, -0.25) is 9.59 Å². The Labute approximate surface area is 162 Å². The Bertz CT molecular complexity index is 1190. The van der Waals surface area contributed by atoms with Crippen molar-refractivity contribution in [2.24, 2.45) is 0 Å². The number of carboxylic acid groups (broad SMARTS) is 1. The first-order chi connectivity index (χ1) is 13.3. The lowest BCUT2D eigenvalue weighted by atomic mass is 10.1. The summed E-state index contributed by atoms with van der Waals surface area (Å²) in [6.45, 7) is -0.0877. The van der Waals surface area contributed by atoms with Gasteiger partial charge in [-0.2, -0.15) is 0 Å². The third-order valence-electron chi connectivity index (χ3n) is 4.35. The number of aromatic nitrogens is 2. The number of halogens is 2. The van der Waals surface area contributed by atoms with Gasteiger partial charge in [-0.15, -0.1) is 0 Å². The topological polar surface area (TPSA) is 102 Å². The fraction of sp³-hybridized carbons (Fsp3) is 0.211. The van der Waals surface area contributed by atoms with Crippen molar-refractivity contribution in [1.82, 2.24) is 9.13 Å². The molecule has 0 saturated carbocycles. The van der Waals surface area contributed by atoms with Crippen molar-refractivity contribution in [2.75, 3.05) is 6.61 Å². The van der Waals surface area contributed by atoms with Gasteiger partial charge in [0.05, 0.1) is 22.5 Å². The highest BCUT2D eigenvalue weighted by Gasteiger charge is 2.17. The minimum absolute atomic E-state index is 0.0138. The van der Waals surface area contributed by atoms with Crippen LogP contribution >= 0.6 is 11.6 Å². The predicted octanol–water partition coefficient (Wildman–Crippen LogP) is 2.08. The lowest BCUT2D eigenvalue weighted by molar-refractivity contribution is 0.0695. The SMILES string of the molecule is O=C(O)c1cn(CCCO)c2cc(=O)n(Cc3cccc(Cl)c3F)cc2c1=O. The molecular formula is C19H16ClFN2O5. The second-order valence-electron chi connectivity index (χ2n) is 6.20. The van der Waals surface area contributed by atoms with Gasteiger partial charge in [-0.25, -0.2) is 9.18 Å². The van der Waals surface area contributed by atoms with Crippen LogP contribution in [0.15, 0.2) is 46.2 Å². The van der Waals surface area contributed by atoms with Gasteiger partial charge in [-0.05, 0) is 12.5 Å². The molecule has 2 N–H and O–H groups in total. The summed E-state index contributed by atoms with van der Waals surface area (Å²) in [6.07, 6.45) is 2.69. The van der Waals surface area contributed by atoms with Crippen LogP contribution in [-0.2, 0) is 13.1 Å². The number of carbonyl (C=O) groups is 1. The number of pyridine rings is 2. The molecule has 0 saturated heterocycles. The molecule has 2 aromatic heterocycles. The molecule has 0 aliphatic rings. The largest absolute Gasteiger partial charge is 0.477 e. The molecule has 7 nitrogen and oxygen atoms in total. The van der Waals surface area contributed by atoms with Gasteiger partial charge in [0, 0.05) is 37.2 Å². The molecular weight excluding hydrogens is 391 g/mol. The molecule has 28 heavy (non-hydrogen) atoms. The summed E-state index contributed by atoms with van der Waals surface area (Å²) in [4.78, 5) is 36.5. The summed E-state index contributed by atoms with van der Waals surface area (Å²) >= 11 is 5.76. The number of aryl methyl sites for hydroxylation is 1. The minimum atomic E-state index is -1.40. The van der Waals surface area contributed by atoms with Crippen LogP contribution < -0.4 is 11.0 Å². The predicted molar refractivity (Wildman–Crippen MR) is 102 cm³/mol. The number of carboxylic acids is 1. The molecule has 0 atom stereocenters. The standard InChI is InChI=1S/C19H16ClFN2O5/c20-14-4-1-3-11(17(14)21)8-23-9-12-15(7-16(23)25)22(5-2-6-24)10-13(18(12)26)19(27)28/h1,3-4,7,9-10,24H,2,5-6,8H2,(H,27,28). The Morgan fingerprint density at radius 1 is 1.18 bits per heavy atom. The lowest BCUT2D eigenvalue weighted by Gasteiger charge is -2.14. The number of aliphatic hydroxyl groups is 1. The first kappa shape index (κ1) is 19.8. The third-order valence-corrected chi connectivity index (χ3v) is 4.64. The van der Waals surface area contributed by atoms with E-state index in [9.17, 15) is 23.9 Å².